The third kappa shape index (κ3) is 3.10. The summed E-state index contributed by atoms with van der Waals surface area (Å²) in [5, 5.41) is 12.5. The molecule has 1 aliphatic rings. The molecule has 1 unspecified atom stereocenters. The van der Waals surface area contributed by atoms with Gasteiger partial charge in [-0.05, 0) is 59.5 Å². The minimum absolute atomic E-state index is 0.00878. The third-order valence-corrected chi connectivity index (χ3v) is 3.64. The fraction of sp³-hybridized carbons (Fsp3) is 0.417. The van der Waals surface area contributed by atoms with E-state index in [0.29, 0.717) is 18.0 Å². The number of phenolic OH excluding ortho intramolecular Hbond substituents is 1. The van der Waals surface area contributed by atoms with Crippen LogP contribution in [0, 0.1) is 9.49 Å². The normalized spacial score (nSPS) is 16.6. The molecule has 1 atom stereocenters. The summed E-state index contributed by atoms with van der Waals surface area (Å²) in [5.41, 5.74) is 5.95. The fourth-order valence-electron chi connectivity index (χ4n) is 1.80. The van der Waals surface area contributed by atoms with Crippen LogP contribution in [0.4, 0.5) is 0 Å². The van der Waals surface area contributed by atoms with Gasteiger partial charge in [-0.1, -0.05) is 0 Å². The average Bonchev–Trinajstić information content (AvgIpc) is 3.13. The van der Waals surface area contributed by atoms with Crippen LogP contribution >= 0.6 is 22.6 Å². The highest BCUT2D eigenvalue weighted by Gasteiger charge is 2.31. The van der Waals surface area contributed by atoms with Crippen molar-refractivity contribution in [2.45, 2.75) is 18.9 Å². The highest BCUT2D eigenvalue weighted by molar-refractivity contribution is 14.1. The highest BCUT2D eigenvalue weighted by atomic mass is 127. The molecule has 4 N–H and O–H groups in total. The maximum absolute atomic E-state index is 12.0. The molecular weight excluding hydrogens is 331 g/mol. The van der Waals surface area contributed by atoms with Gasteiger partial charge in [0.05, 0.1) is 5.56 Å². The summed E-state index contributed by atoms with van der Waals surface area (Å²) in [6.45, 7) is 0.446. The summed E-state index contributed by atoms with van der Waals surface area (Å²) in [6, 6.07) is 4.99. The average molecular weight is 346 g/mol. The first-order valence-electron chi connectivity index (χ1n) is 5.61. The summed E-state index contributed by atoms with van der Waals surface area (Å²) < 4.78 is 0.918. The fourth-order valence-corrected chi connectivity index (χ4v) is 2.30. The summed E-state index contributed by atoms with van der Waals surface area (Å²) in [4.78, 5) is 12.0. The van der Waals surface area contributed by atoms with Crippen LogP contribution in [0.15, 0.2) is 18.2 Å². The molecule has 0 saturated heterocycles. The number of rotatable bonds is 4. The molecule has 1 saturated carbocycles. The lowest BCUT2D eigenvalue weighted by molar-refractivity contribution is 0.0930. The second-order valence-electron chi connectivity index (χ2n) is 4.31. The number of benzene rings is 1. The van der Waals surface area contributed by atoms with Crippen LogP contribution in [0.2, 0.25) is 0 Å². The molecule has 1 aromatic rings. The molecule has 1 fully saturated rings. The molecule has 1 aromatic carbocycles. The van der Waals surface area contributed by atoms with E-state index in [-0.39, 0.29) is 17.7 Å². The van der Waals surface area contributed by atoms with Crippen LogP contribution < -0.4 is 11.1 Å². The molecule has 0 aliphatic heterocycles. The van der Waals surface area contributed by atoms with Gasteiger partial charge in [-0.15, -0.1) is 0 Å². The number of carbonyl (C=O) groups is 1. The Morgan fingerprint density at radius 1 is 1.59 bits per heavy atom. The van der Waals surface area contributed by atoms with Crippen LogP contribution in [0.5, 0.6) is 5.75 Å². The molecule has 1 aliphatic carbocycles. The van der Waals surface area contributed by atoms with Crippen molar-refractivity contribution < 1.29 is 9.90 Å². The van der Waals surface area contributed by atoms with Crippen molar-refractivity contribution in [1.29, 1.82) is 0 Å². The maximum Gasteiger partial charge on any atom is 0.255 e. The first-order chi connectivity index (χ1) is 8.11. The monoisotopic (exact) mass is 346 g/mol. The van der Waals surface area contributed by atoms with E-state index in [1.165, 1.54) is 6.07 Å². The second kappa shape index (κ2) is 5.22. The maximum atomic E-state index is 12.0. The molecule has 17 heavy (non-hydrogen) atoms. The number of phenols is 1. The first kappa shape index (κ1) is 12.6. The molecular formula is C12H15IN2O2. The largest absolute Gasteiger partial charge is 0.507 e. The number of aromatic hydroxyl groups is 1. The third-order valence-electron chi connectivity index (χ3n) is 2.96. The van der Waals surface area contributed by atoms with Gasteiger partial charge in [0.15, 0.2) is 0 Å². The van der Waals surface area contributed by atoms with E-state index >= 15 is 0 Å². The van der Waals surface area contributed by atoms with Crippen LogP contribution in [0.25, 0.3) is 0 Å². The van der Waals surface area contributed by atoms with Crippen molar-refractivity contribution in [2.75, 3.05) is 6.54 Å². The molecule has 4 nitrogen and oxygen atoms in total. The molecule has 0 radical (unpaired) electrons. The zero-order chi connectivity index (χ0) is 12.4. The van der Waals surface area contributed by atoms with E-state index < -0.39 is 0 Å². The Labute approximate surface area is 114 Å². The zero-order valence-corrected chi connectivity index (χ0v) is 11.5. The lowest BCUT2D eigenvalue weighted by Gasteiger charge is -2.16. The van der Waals surface area contributed by atoms with Crippen LogP contribution in [-0.4, -0.2) is 23.6 Å². The lowest BCUT2D eigenvalue weighted by Crippen LogP contribution is -2.41. The summed E-state index contributed by atoms with van der Waals surface area (Å²) >= 11 is 2.11. The summed E-state index contributed by atoms with van der Waals surface area (Å²) in [5.74, 6) is 0.270. The van der Waals surface area contributed by atoms with Gasteiger partial charge in [-0.25, -0.2) is 0 Å². The Morgan fingerprint density at radius 2 is 2.29 bits per heavy atom. The van der Waals surface area contributed by atoms with E-state index in [1.807, 2.05) is 0 Å². The van der Waals surface area contributed by atoms with E-state index in [0.717, 1.165) is 16.4 Å². The predicted molar refractivity (Wildman–Crippen MR) is 73.9 cm³/mol. The van der Waals surface area contributed by atoms with Gasteiger partial charge in [0.2, 0.25) is 0 Å². The Kier molecular flexibility index (Phi) is 3.88. The molecule has 0 aromatic heterocycles. The quantitative estimate of drug-likeness (QED) is 0.723. The number of halogens is 1. The van der Waals surface area contributed by atoms with Gasteiger partial charge in [-0.2, -0.15) is 0 Å². The standard InChI is InChI=1S/C12H15IN2O2/c13-8-3-4-11(16)9(5-8)12(17)15-10(6-14)7-1-2-7/h3-5,7,10,16H,1-2,6,14H2,(H,15,17). The summed E-state index contributed by atoms with van der Waals surface area (Å²) in [6.07, 6.45) is 2.25. The van der Waals surface area contributed by atoms with E-state index in [2.05, 4.69) is 27.9 Å². The van der Waals surface area contributed by atoms with Crippen LogP contribution in [0.3, 0.4) is 0 Å². The van der Waals surface area contributed by atoms with E-state index in [4.69, 9.17) is 5.73 Å². The van der Waals surface area contributed by atoms with Crippen molar-refractivity contribution in [1.82, 2.24) is 5.32 Å². The predicted octanol–water partition coefficient (Wildman–Crippen LogP) is 1.46. The number of amides is 1. The SMILES string of the molecule is NCC(NC(=O)c1cc(I)ccc1O)C1CC1. The minimum atomic E-state index is -0.247. The Bertz CT molecular complexity index is 433. The number of hydrogen-bond acceptors (Lipinski definition) is 3. The van der Waals surface area contributed by atoms with Crippen molar-refractivity contribution in [3.05, 3.63) is 27.3 Å². The molecule has 1 amide bonds. The van der Waals surface area contributed by atoms with Crippen molar-refractivity contribution in [2.24, 2.45) is 11.7 Å². The van der Waals surface area contributed by atoms with E-state index in [1.54, 1.807) is 12.1 Å². The zero-order valence-electron chi connectivity index (χ0n) is 9.32. The van der Waals surface area contributed by atoms with Gasteiger partial charge in [0, 0.05) is 16.2 Å². The van der Waals surface area contributed by atoms with Gasteiger partial charge in [0.25, 0.3) is 5.91 Å². The van der Waals surface area contributed by atoms with Gasteiger partial charge < -0.3 is 16.2 Å². The number of nitrogens with one attached hydrogen (secondary N) is 1. The van der Waals surface area contributed by atoms with Crippen molar-refractivity contribution in [3.8, 4) is 5.75 Å². The second-order valence-corrected chi connectivity index (χ2v) is 5.56. The Balaban J connectivity index is 2.10. The van der Waals surface area contributed by atoms with Gasteiger partial charge >= 0.3 is 0 Å². The highest BCUT2D eigenvalue weighted by Crippen LogP contribution is 2.32. The molecule has 0 heterocycles. The molecule has 2 rings (SSSR count). The van der Waals surface area contributed by atoms with Crippen molar-refractivity contribution >= 4 is 28.5 Å². The number of hydrogen-bond donors (Lipinski definition) is 3. The molecule has 0 spiro atoms. The van der Waals surface area contributed by atoms with Crippen molar-refractivity contribution in [3.63, 3.8) is 0 Å². The Morgan fingerprint density at radius 3 is 2.88 bits per heavy atom. The summed E-state index contributed by atoms with van der Waals surface area (Å²) in [7, 11) is 0. The van der Waals surface area contributed by atoms with Crippen LogP contribution in [-0.2, 0) is 0 Å². The van der Waals surface area contributed by atoms with E-state index in [9.17, 15) is 9.90 Å². The Hall–Kier alpha value is -0.820. The van der Waals surface area contributed by atoms with Gasteiger partial charge in [0.1, 0.15) is 5.75 Å². The lowest BCUT2D eigenvalue weighted by atomic mass is 10.1. The molecule has 0 bridgehead atoms. The van der Waals surface area contributed by atoms with Gasteiger partial charge in [-0.3, -0.25) is 4.79 Å². The minimum Gasteiger partial charge on any atom is -0.507 e. The smallest absolute Gasteiger partial charge is 0.255 e. The molecule has 92 valence electrons. The first-order valence-corrected chi connectivity index (χ1v) is 6.69. The van der Waals surface area contributed by atoms with Crippen LogP contribution in [0.1, 0.15) is 23.2 Å². The molecule has 5 heteroatoms. The number of carbonyl (C=O) groups excluding carboxylic acids is 1. The number of nitrogens with two attached hydrogens (primary N) is 1. The topological polar surface area (TPSA) is 75.3 Å².